The molecule has 0 nitrogen and oxygen atoms in total. The van der Waals surface area contributed by atoms with Crippen molar-refractivity contribution in [2.45, 2.75) is 6.42 Å². The summed E-state index contributed by atoms with van der Waals surface area (Å²) in [7, 11) is 0. The minimum atomic E-state index is -0.113. The summed E-state index contributed by atoms with van der Waals surface area (Å²) in [5.74, 6) is 0.974. The van der Waals surface area contributed by atoms with Crippen molar-refractivity contribution in [2.75, 3.05) is 5.75 Å². The Balaban J connectivity index is 2.39. The van der Waals surface area contributed by atoms with Crippen LogP contribution >= 0.6 is 11.8 Å². The van der Waals surface area contributed by atoms with E-state index in [4.69, 9.17) is 0 Å². The first kappa shape index (κ1) is 7.87. The normalized spacial score (nSPS) is 16.2. The molecule has 1 aromatic rings. The Hall–Kier alpha value is -0.760. The van der Waals surface area contributed by atoms with Crippen LogP contribution in [0, 0.1) is 5.82 Å². The standard InChI is InChI=1S/C10H9FS/c11-9-5-2-1-4-8(9)10-6-3-7-12-10/h1-2,4-6H,3,7H2. The molecular formula is C10H9FS. The molecule has 0 fully saturated rings. The van der Waals surface area contributed by atoms with Crippen LogP contribution < -0.4 is 0 Å². The van der Waals surface area contributed by atoms with Gasteiger partial charge in [-0.1, -0.05) is 24.3 Å². The third kappa shape index (κ3) is 1.39. The summed E-state index contributed by atoms with van der Waals surface area (Å²) < 4.78 is 13.2. The molecule has 0 spiro atoms. The van der Waals surface area contributed by atoms with Gasteiger partial charge in [0, 0.05) is 16.2 Å². The number of hydrogen-bond acceptors (Lipinski definition) is 1. The molecule has 0 aromatic heterocycles. The van der Waals surface area contributed by atoms with Crippen LogP contribution in [0.15, 0.2) is 30.3 Å². The molecule has 1 aliphatic rings. The molecule has 0 N–H and O–H groups in total. The largest absolute Gasteiger partial charge is 0.206 e. The van der Waals surface area contributed by atoms with Crippen LogP contribution in [0.25, 0.3) is 4.91 Å². The summed E-state index contributed by atoms with van der Waals surface area (Å²) in [4.78, 5) is 1.09. The molecule has 0 saturated carbocycles. The van der Waals surface area contributed by atoms with E-state index in [-0.39, 0.29) is 5.82 Å². The van der Waals surface area contributed by atoms with Gasteiger partial charge in [0.15, 0.2) is 0 Å². The van der Waals surface area contributed by atoms with E-state index in [0.29, 0.717) is 0 Å². The highest BCUT2D eigenvalue weighted by atomic mass is 32.2. The average Bonchev–Trinajstić information content (AvgIpc) is 2.57. The lowest BCUT2D eigenvalue weighted by Crippen LogP contribution is -1.83. The Morgan fingerprint density at radius 1 is 1.25 bits per heavy atom. The molecular weight excluding hydrogens is 171 g/mol. The first-order valence-corrected chi connectivity index (χ1v) is 4.94. The smallest absolute Gasteiger partial charge is 0.131 e. The van der Waals surface area contributed by atoms with Crippen molar-refractivity contribution in [1.29, 1.82) is 0 Å². The lowest BCUT2D eigenvalue weighted by atomic mass is 10.2. The van der Waals surface area contributed by atoms with Gasteiger partial charge < -0.3 is 0 Å². The van der Waals surface area contributed by atoms with E-state index in [1.165, 1.54) is 6.07 Å². The van der Waals surface area contributed by atoms with Crippen molar-refractivity contribution in [3.05, 3.63) is 41.7 Å². The number of allylic oxidation sites excluding steroid dienone is 1. The van der Waals surface area contributed by atoms with Crippen LogP contribution in [0.5, 0.6) is 0 Å². The Bertz CT molecular complexity index is 317. The molecule has 0 amide bonds. The minimum Gasteiger partial charge on any atom is -0.206 e. The Labute approximate surface area is 75.5 Å². The van der Waals surface area contributed by atoms with Crippen molar-refractivity contribution in [1.82, 2.24) is 0 Å². The van der Waals surface area contributed by atoms with Crippen LogP contribution in [0.1, 0.15) is 12.0 Å². The van der Waals surface area contributed by atoms with Crippen LogP contribution in [-0.2, 0) is 0 Å². The highest BCUT2D eigenvalue weighted by Gasteiger charge is 2.10. The van der Waals surface area contributed by atoms with Crippen LogP contribution in [0.3, 0.4) is 0 Å². The molecule has 62 valence electrons. The van der Waals surface area contributed by atoms with E-state index >= 15 is 0 Å². The summed E-state index contributed by atoms with van der Waals surface area (Å²) in [5, 5.41) is 0. The zero-order valence-corrected chi connectivity index (χ0v) is 7.40. The number of benzene rings is 1. The fourth-order valence-corrected chi connectivity index (χ4v) is 2.28. The van der Waals surface area contributed by atoms with Crippen molar-refractivity contribution < 1.29 is 4.39 Å². The Kier molecular flexibility index (Phi) is 2.17. The quantitative estimate of drug-likeness (QED) is 0.639. The second kappa shape index (κ2) is 3.31. The zero-order valence-electron chi connectivity index (χ0n) is 6.59. The topological polar surface area (TPSA) is 0 Å². The predicted molar refractivity (Wildman–Crippen MR) is 51.5 cm³/mol. The summed E-state index contributed by atoms with van der Waals surface area (Å²) in [6.07, 6.45) is 3.16. The third-order valence-corrected chi connectivity index (χ3v) is 2.98. The zero-order chi connectivity index (χ0) is 8.39. The second-order valence-corrected chi connectivity index (χ2v) is 3.82. The summed E-state index contributed by atoms with van der Waals surface area (Å²) >= 11 is 1.73. The van der Waals surface area contributed by atoms with Gasteiger partial charge in [-0.3, -0.25) is 0 Å². The Morgan fingerprint density at radius 2 is 2.08 bits per heavy atom. The van der Waals surface area contributed by atoms with Crippen molar-refractivity contribution in [2.24, 2.45) is 0 Å². The number of halogens is 1. The summed E-state index contributed by atoms with van der Waals surface area (Å²) in [5.41, 5.74) is 0.750. The average molecular weight is 180 g/mol. The van der Waals surface area contributed by atoms with Crippen molar-refractivity contribution in [3.8, 4) is 0 Å². The molecule has 1 heterocycles. The lowest BCUT2D eigenvalue weighted by Gasteiger charge is -2.01. The molecule has 2 rings (SSSR count). The van der Waals surface area contributed by atoms with E-state index in [1.807, 2.05) is 12.1 Å². The van der Waals surface area contributed by atoms with E-state index in [1.54, 1.807) is 17.8 Å². The highest BCUT2D eigenvalue weighted by molar-refractivity contribution is 8.08. The Morgan fingerprint density at radius 3 is 2.75 bits per heavy atom. The van der Waals surface area contributed by atoms with Gasteiger partial charge in [0.2, 0.25) is 0 Å². The first-order chi connectivity index (χ1) is 5.88. The molecule has 1 aliphatic heterocycles. The maximum Gasteiger partial charge on any atom is 0.131 e. The van der Waals surface area contributed by atoms with Gasteiger partial charge in [-0.2, -0.15) is 0 Å². The summed E-state index contributed by atoms with van der Waals surface area (Å²) in [6, 6.07) is 6.94. The number of rotatable bonds is 1. The molecule has 0 radical (unpaired) electrons. The fourth-order valence-electron chi connectivity index (χ4n) is 1.27. The van der Waals surface area contributed by atoms with Crippen LogP contribution in [-0.4, -0.2) is 5.75 Å². The molecule has 0 bridgehead atoms. The number of thioether (sulfide) groups is 1. The van der Waals surface area contributed by atoms with Gasteiger partial charge in [-0.05, 0) is 12.5 Å². The SMILES string of the molecule is Fc1ccccc1C1=CCCS1. The maximum atomic E-state index is 13.2. The molecule has 1 aromatic carbocycles. The predicted octanol–water partition coefficient (Wildman–Crippen LogP) is 3.30. The van der Waals surface area contributed by atoms with Gasteiger partial charge in [0.25, 0.3) is 0 Å². The third-order valence-electron chi connectivity index (χ3n) is 1.84. The van der Waals surface area contributed by atoms with Crippen LogP contribution in [0.4, 0.5) is 4.39 Å². The molecule has 0 saturated heterocycles. The van der Waals surface area contributed by atoms with Gasteiger partial charge in [0.1, 0.15) is 5.82 Å². The molecule has 12 heavy (non-hydrogen) atoms. The second-order valence-electron chi connectivity index (χ2n) is 2.69. The minimum absolute atomic E-state index is 0.113. The number of hydrogen-bond donors (Lipinski definition) is 0. The van der Waals surface area contributed by atoms with Crippen molar-refractivity contribution >= 4 is 16.7 Å². The highest BCUT2D eigenvalue weighted by Crippen LogP contribution is 2.34. The monoisotopic (exact) mass is 180 g/mol. The summed E-state index contributed by atoms with van der Waals surface area (Å²) in [6.45, 7) is 0. The van der Waals surface area contributed by atoms with Gasteiger partial charge >= 0.3 is 0 Å². The van der Waals surface area contributed by atoms with E-state index in [2.05, 4.69) is 6.08 Å². The van der Waals surface area contributed by atoms with E-state index < -0.39 is 0 Å². The van der Waals surface area contributed by atoms with E-state index in [0.717, 1.165) is 22.6 Å². The molecule has 2 heteroatoms. The molecule has 0 unspecified atom stereocenters. The van der Waals surface area contributed by atoms with Gasteiger partial charge in [-0.15, -0.1) is 11.8 Å². The van der Waals surface area contributed by atoms with Gasteiger partial charge in [0.05, 0.1) is 0 Å². The van der Waals surface area contributed by atoms with Gasteiger partial charge in [-0.25, -0.2) is 4.39 Å². The molecule has 0 aliphatic carbocycles. The molecule has 0 atom stereocenters. The fraction of sp³-hybridized carbons (Fsp3) is 0.200. The lowest BCUT2D eigenvalue weighted by molar-refractivity contribution is 0.625. The maximum absolute atomic E-state index is 13.2. The first-order valence-electron chi connectivity index (χ1n) is 3.96. The van der Waals surface area contributed by atoms with E-state index in [9.17, 15) is 4.39 Å². The van der Waals surface area contributed by atoms with Crippen molar-refractivity contribution in [3.63, 3.8) is 0 Å². The van der Waals surface area contributed by atoms with Crippen LogP contribution in [0.2, 0.25) is 0 Å².